The number of aromatic nitrogens is 1. The molecule has 1 aromatic carbocycles. The Labute approximate surface area is 209 Å². The molecule has 2 aromatic rings. The van der Waals surface area contributed by atoms with Crippen molar-refractivity contribution in [1.29, 1.82) is 0 Å². The molecular weight excluding hydrogens is 517 g/mol. The predicted octanol–water partition coefficient (Wildman–Crippen LogP) is 5.06. The van der Waals surface area contributed by atoms with Crippen LogP contribution in [0.15, 0.2) is 41.5 Å². The average Bonchev–Trinajstić information content (AvgIpc) is 3.08. The van der Waals surface area contributed by atoms with E-state index >= 15 is 0 Å². The molecule has 1 aliphatic heterocycles. The van der Waals surface area contributed by atoms with Crippen molar-refractivity contribution >= 4 is 41.4 Å². The molecule has 0 atom stereocenters. The van der Waals surface area contributed by atoms with E-state index in [9.17, 15) is 0 Å². The molecule has 1 aliphatic rings. The molecule has 0 spiro atoms. The summed E-state index contributed by atoms with van der Waals surface area (Å²) in [6.45, 7) is 8.11. The van der Waals surface area contributed by atoms with Crippen LogP contribution in [-0.2, 0) is 6.54 Å². The standard InChI is InChI=1S/C24H35N5O2.HI/c1-4-25-24(28-20-11-12-21(30-3)22(16-20)31-5-2)27-18-19-10-13-23(26-17-19)29-14-8-6-7-9-15-29;/h10-13,16-17H,4-9,14-15,18H2,1-3H3,(H2,25,27,28);1H. The van der Waals surface area contributed by atoms with Crippen molar-refractivity contribution in [3.8, 4) is 11.5 Å². The molecular formula is C24H36IN5O2. The summed E-state index contributed by atoms with van der Waals surface area (Å²) < 4.78 is 11.0. The van der Waals surface area contributed by atoms with E-state index in [4.69, 9.17) is 14.5 Å². The van der Waals surface area contributed by atoms with E-state index in [2.05, 4.69) is 32.7 Å². The summed E-state index contributed by atoms with van der Waals surface area (Å²) in [7, 11) is 1.64. The third kappa shape index (κ3) is 7.72. The summed E-state index contributed by atoms with van der Waals surface area (Å²) >= 11 is 0. The summed E-state index contributed by atoms with van der Waals surface area (Å²) in [5.74, 6) is 3.21. The maximum Gasteiger partial charge on any atom is 0.196 e. The van der Waals surface area contributed by atoms with Crippen molar-refractivity contribution in [3.05, 3.63) is 42.1 Å². The first-order valence-corrected chi connectivity index (χ1v) is 11.3. The van der Waals surface area contributed by atoms with Crippen LogP contribution in [0.2, 0.25) is 0 Å². The van der Waals surface area contributed by atoms with Gasteiger partial charge in [-0.2, -0.15) is 0 Å². The van der Waals surface area contributed by atoms with Crippen molar-refractivity contribution in [2.45, 2.75) is 46.1 Å². The molecule has 1 fully saturated rings. The highest BCUT2D eigenvalue weighted by molar-refractivity contribution is 14.0. The lowest BCUT2D eigenvalue weighted by molar-refractivity contribution is 0.311. The fourth-order valence-electron chi connectivity index (χ4n) is 3.63. The number of ether oxygens (including phenoxy) is 2. The minimum Gasteiger partial charge on any atom is -0.493 e. The van der Waals surface area contributed by atoms with Gasteiger partial charge in [-0.15, -0.1) is 24.0 Å². The molecule has 176 valence electrons. The van der Waals surface area contributed by atoms with Crippen LogP contribution in [0.5, 0.6) is 11.5 Å². The Balaban J connectivity index is 0.00000363. The Morgan fingerprint density at radius 2 is 1.84 bits per heavy atom. The van der Waals surface area contributed by atoms with Crippen LogP contribution in [0.4, 0.5) is 11.5 Å². The van der Waals surface area contributed by atoms with E-state index in [1.165, 1.54) is 25.7 Å². The highest BCUT2D eigenvalue weighted by atomic mass is 127. The second-order valence-electron chi connectivity index (χ2n) is 7.54. The van der Waals surface area contributed by atoms with Crippen molar-refractivity contribution in [3.63, 3.8) is 0 Å². The molecule has 2 heterocycles. The fourth-order valence-corrected chi connectivity index (χ4v) is 3.63. The predicted molar refractivity (Wildman–Crippen MR) is 143 cm³/mol. The van der Waals surface area contributed by atoms with Gasteiger partial charge in [-0.3, -0.25) is 0 Å². The quantitative estimate of drug-likeness (QED) is 0.271. The number of benzene rings is 1. The van der Waals surface area contributed by atoms with E-state index in [1.54, 1.807) is 7.11 Å². The molecule has 3 rings (SSSR count). The van der Waals surface area contributed by atoms with E-state index < -0.39 is 0 Å². The summed E-state index contributed by atoms with van der Waals surface area (Å²) in [5, 5.41) is 6.63. The number of nitrogens with one attached hydrogen (secondary N) is 2. The highest BCUT2D eigenvalue weighted by Gasteiger charge is 2.11. The van der Waals surface area contributed by atoms with Crippen LogP contribution >= 0.6 is 24.0 Å². The lowest BCUT2D eigenvalue weighted by Crippen LogP contribution is -2.30. The molecule has 0 amide bonds. The van der Waals surface area contributed by atoms with Gasteiger partial charge in [0.1, 0.15) is 5.82 Å². The first kappa shape index (κ1) is 26.0. The molecule has 32 heavy (non-hydrogen) atoms. The highest BCUT2D eigenvalue weighted by Crippen LogP contribution is 2.30. The number of hydrogen-bond donors (Lipinski definition) is 2. The molecule has 1 saturated heterocycles. The Hall–Kier alpha value is -2.23. The maximum atomic E-state index is 5.67. The summed E-state index contributed by atoms with van der Waals surface area (Å²) in [4.78, 5) is 11.8. The van der Waals surface area contributed by atoms with Gasteiger partial charge in [0, 0.05) is 37.6 Å². The normalized spacial score (nSPS) is 14.2. The molecule has 0 unspecified atom stereocenters. The van der Waals surface area contributed by atoms with Gasteiger partial charge in [-0.1, -0.05) is 18.9 Å². The summed E-state index contributed by atoms with van der Waals surface area (Å²) in [6, 6.07) is 10.0. The lowest BCUT2D eigenvalue weighted by atomic mass is 10.2. The maximum absolute atomic E-state index is 5.67. The Morgan fingerprint density at radius 1 is 1.06 bits per heavy atom. The second-order valence-corrected chi connectivity index (χ2v) is 7.54. The third-order valence-corrected chi connectivity index (χ3v) is 5.23. The number of pyridine rings is 1. The van der Waals surface area contributed by atoms with Crippen molar-refractivity contribution < 1.29 is 9.47 Å². The van der Waals surface area contributed by atoms with Crippen molar-refractivity contribution in [2.75, 3.05) is 43.6 Å². The minimum absolute atomic E-state index is 0. The Morgan fingerprint density at radius 3 is 2.47 bits per heavy atom. The van der Waals surface area contributed by atoms with E-state index in [1.807, 2.05) is 38.2 Å². The van der Waals surface area contributed by atoms with Gasteiger partial charge in [0.25, 0.3) is 0 Å². The molecule has 0 radical (unpaired) electrons. The molecule has 7 nitrogen and oxygen atoms in total. The average molecular weight is 553 g/mol. The number of methoxy groups -OCH3 is 1. The second kappa shape index (κ2) is 14.0. The monoisotopic (exact) mass is 553 g/mol. The topological polar surface area (TPSA) is 71.0 Å². The van der Waals surface area contributed by atoms with Gasteiger partial charge in [-0.25, -0.2) is 9.98 Å². The number of guanidine groups is 1. The van der Waals surface area contributed by atoms with Crippen LogP contribution in [-0.4, -0.2) is 44.3 Å². The first-order valence-electron chi connectivity index (χ1n) is 11.3. The largest absolute Gasteiger partial charge is 0.493 e. The third-order valence-electron chi connectivity index (χ3n) is 5.23. The Kier molecular flexibility index (Phi) is 11.4. The van der Waals surface area contributed by atoms with Gasteiger partial charge in [0.15, 0.2) is 17.5 Å². The van der Waals surface area contributed by atoms with Gasteiger partial charge < -0.3 is 25.0 Å². The zero-order chi connectivity index (χ0) is 21.9. The molecule has 0 bridgehead atoms. The Bertz CT molecular complexity index is 837. The molecule has 1 aromatic heterocycles. The smallest absolute Gasteiger partial charge is 0.196 e. The van der Waals surface area contributed by atoms with Crippen molar-refractivity contribution in [2.24, 2.45) is 4.99 Å². The zero-order valence-corrected chi connectivity index (χ0v) is 21.7. The first-order chi connectivity index (χ1) is 15.2. The summed E-state index contributed by atoms with van der Waals surface area (Å²) in [6.07, 6.45) is 7.09. The van der Waals surface area contributed by atoms with Crippen LogP contribution < -0.4 is 25.0 Å². The number of nitrogens with zero attached hydrogens (tertiary/aromatic N) is 3. The molecule has 0 saturated carbocycles. The van der Waals surface area contributed by atoms with Crippen LogP contribution in [0.25, 0.3) is 0 Å². The summed E-state index contributed by atoms with van der Waals surface area (Å²) in [5.41, 5.74) is 1.97. The van der Waals surface area contributed by atoms with E-state index in [-0.39, 0.29) is 24.0 Å². The van der Waals surface area contributed by atoms with E-state index in [0.717, 1.165) is 36.7 Å². The number of aliphatic imine (C=N–C) groups is 1. The van der Waals surface area contributed by atoms with Gasteiger partial charge in [-0.05, 0) is 50.5 Å². The van der Waals surface area contributed by atoms with Gasteiger partial charge in [0.05, 0.1) is 20.3 Å². The van der Waals surface area contributed by atoms with Crippen LogP contribution in [0.3, 0.4) is 0 Å². The molecule has 2 N–H and O–H groups in total. The number of rotatable bonds is 8. The lowest BCUT2D eigenvalue weighted by Gasteiger charge is -2.21. The van der Waals surface area contributed by atoms with Gasteiger partial charge >= 0.3 is 0 Å². The van der Waals surface area contributed by atoms with Crippen LogP contribution in [0.1, 0.15) is 45.1 Å². The van der Waals surface area contributed by atoms with Crippen molar-refractivity contribution in [1.82, 2.24) is 10.3 Å². The zero-order valence-electron chi connectivity index (χ0n) is 19.4. The number of hydrogen-bond acceptors (Lipinski definition) is 5. The molecule has 0 aliphatic carbocycles. The van der Waals surface area contributed by atoms with Crippen LogP contribution in [0, 0.1) is 0 Å². The van der Waals surface area contributed by atoms with E-state index in [0.29, 0.717) is 30.6 Å². The number of halogens is 1. The van der Waals surface area contributed by atoms with Gasteiger partial charge in [0.2, 0.25) is 0 Å². The fraction of sp³-hybridized carbons (Fsp3) is 0.500. The minimum atomic E-state index is 0. The SMILES string of the molecule is CCNC(=NCc1ccc(N2CCCCCC2)nc1)Nc1ccc(OC)c(OCC)c1.I. The molecule has 8 heteroatoms. The number of anilines is 2.